The Balaban J connectivity index is 1.74. The van der Waals surface area contributed by atoms with Gasteiger partial charge in [-0.2, -0.15) is 13.2 Å². The van der Waals surface area contributed by atoms with Crippen LogP contribution in [0.5, 0.6) is 0 Å². The third-order valence-electron chi connectivity index (χ3n) is 4.57. The van der Waals surface area contributed by atoms with Crippen molar-refractivity contribution in [3.05, 3.63) is 90.0 Å². The average molecular weight is 427 g/mol. The van der Waals surface area contributed by atoms with Crippen LogP contribution in [0.4, 0.5) is 30.2 Å². The van der Waals surface area contributed by atoms with Gasteiger partial charge >= 0.3 is 6.18 Å². The molecule has 0 saturated heterocycles. The third kappa shape index (κ3) is 5.63. The lowest BCUT2D eigenvalue weighted by atomic mass is 10.1. The van der Waals surface area contributed by atoms with Gasteiger partial charge in [0.2, 0.25) is 5.91 Å². The number of hydrogen-bond acceptors (Lipinski definition) is 3. The van der Waals surface area contributed by atoms with E-state index in [0.717, 1.165) is 6.07 Å². The second-order valence-electron chi connectivity index (χ2n) is 6.72. The van der Waals surface area contributed by atoms with Crippen molar-refractivity contribution >= 4 is 28.9 Å². The fraction of sp³-hybridized carbons (Fsp3) is 0.130. The highest BCUT2D eigenvalue weighted by atomic mass is 19.4. The van der Waals surface area contributed by atoms with E-state index < -0.39 is 23.6 Å². The first-order chi connectivity index (χ1) is 14.8. The maximum absolute atomic E-state index is 13.6. The van der Waals surface area contributed by atoms with Crippen LogP contribution in [-0.2, 0) is 11.0 Å². The van der Waals surface area contributed by atoms with Crippen LogP contribution in [0.3, 0.4) is 0 Å². The minimum Gasteiger partial charge on any atom is -0.376 e. The number of likely N-dealkylation sites (N-methyl/N-ethyl adjacent to an activating group) is 1. The summed E-state index contributed by atoms with van der Waals surface area (Å²) in [5.74, 6) is -0.921. The van der Waals surface area contributed by atoms with Crippen LogP contribution in [0.1, 0.15) is 15.9 Å². The maximum Gasteiger partial charge on any atom is 0.418 e. The summed E-state index contributed by atoms with van der Waals surface area (Å²) in [5.41, 5.74) is -0.273. The van der Waals surface area contributed by atoms with E-state index in [2.05, 4.69) is 10.6 Å². The molecule has 3 aromatic carbocycles. The normalized spacial score (nSPS) is 11.0. The first kappa shape index (κ1) is 21.9. The second-order valence-corrected chi connectivity index (χ2v) is 6.72. The van der Waals surface area contributed by atoms with Crippen LogP contribution < -0.4 is 15.5 Å². The Morgan fingerprint density at radius 2 is 1.52 bits per heavy atom. The molecule has 8 heteroatoms. The maximum atomic E-state index is 13.6. The molecule has 5 nitrogen and oxygen atoms in total. The molecule has 0 spiro atoms. The molecule has 3 rings (SSSR count). The molecule has 0 saturated carbocycles. The minimum atomic E-state index is -4.68. The van der Waals surface area contributed by atoms with Crippen LogP contribution in [0.2, 0.25) is 0 Å². The second kappa shape index (κ2) is 9.34. The monoisotopic (exact) mass is 427 g/mol. The summed E-state index contributed by atoms with van der Waals surface area (Å²) in [4.78, 5) is 26.0. The van der Waals surface area contributed by atoms with Crippen molar-refractivity contribution in [2.45, 2.75) is 6.18 Å². The Bertz CT molecular complexity index is 1050. The number of anilines is 3. The molecule has 31 heavy (non-hydrogen) atoms. The Kier molecular flexibility index (Phi) is 6.59. The summed E-state index contributed by atoms with van der Waals surface area (Å²) in [6.45, 7) is -0.329. The SMILES string of the molecule is CN(C(=O)CNc1ccc(NC(=O)c2ccccc2)cc1C(F)(F)F)c1ccccc1. The van der Waals surface area contributed by atoms with Gasteiger partial charge in [0.05, 0.1) is 12.1 Å². The Labute approximate surface area is 177 Å². The van der Waals surface area contributed by atoms with Crippen molar-refractivity contribution in [2.24, 2.45) is 0 Å². The van der Waals surface area contributed by atoms with E-state index in [1.54, 1.807) is 67.7 Å². The lowest BCUT2D eigenvalue weighted by molar-refractivity contribution is -0.137. The van der Waals surface area contributed by atoms with Gasteiger partial charge in [0.15, 0.2) is 0 Å². The molecular formula is C23H20F3N3O2. The topological polar surface area (TPSA) is 61.4 Å². The van der Waals surface area contributed by atoms with Crippen molar-refractivity contribution in [2.75, 3.05) is 29.1 Å². The fourth-order valence-electron chi connectivity index (χ4n) is 2.89. The van der Waals surface area contributed by atoms with E-state index in [1.807, 2.05) is 0 Å². The average Bonchev–Trinajstić information content (AvgIpc) is 2.78. The van der Waals surface area contributed by atoms with Crippen molar-refractivity contribution in [3.63, 3.8) is 0 Å². The number of rotatable bonds is 6. The van der Waals surface area contributed by atoms with Crippen molar-refractivity contribution in [1.29, 1.82) is 0 Å². The molecule has 0 fully saturated rings. The number of nitrogens with zero attached hydrogens (tertiary/aromatic N) is 1. The van der Waals surface area contributed by atoms with Crippen LogP contribution in [0, 0.1) is 0 Å². The number of amides is 2. The number of halogens is 3. The Morgan fingerprint density at radius 3 is 2.13 bits per heavy atom. The zero-order chi connectivity index (χ0) is 22.4. The summed E-state index contributed by atoms with van der Waals surface area (Å²) >= 11 is 0. The van der Waals surface area contributed by atoms with Crippen molar-refractivity contribution in [1.82, 2.24) is 0 Å². The highest BCUT2D eigenvalue weighted by molar-refractivity contribution is 6.04. The van der Waals surface area contributed by atoms with Gasteiger partial charge in [-0.15, -0.1) is 0 Å². The molecule has 160 valence electrons. The highest BCUT2D eigenvalue weighted by Crippen LogP contribution is 2.36. The summed E-state index contributed by atoms with van der Waals surface area (Å²) < 4.78 is 40.8. The fourth-order valence-corrected chi connectivity index (χ4v) is 2.89. The van der Waals surface area contributed by atoms with Gasteiger partial charge in [0, 0.05) is 29.7 Å². The summed E-state index contributed by atoms with van der Waals surface area (Å²) in [7, 11) is 1.55. The molecule has 2 amide bonds. The lowest BCUT2D eigenvalue weighted by Gasteiger charge is -2.20. The number of benzene rings is 3. The van der Waals surface area contributed by atoms with Crippen LogP contribution in [0.15, 0.2) is 78.9 Å². The van der Waals surface area contributed by atoms with Gasteiger partial charge in [-0.1, -0.05) is 36.4 Å². The molecule has 2 N–H and O–H groups in total. The molecule has 0 heterocycles. The first-order valence-electron chi connectivity index (χ1n) is 9.39. The van der Waals surface area contributed by atoms with Gasteiger partial charge in [-0.05, 0) is 42.5 Å². The molecule has 0 aliphatic rings. The largest absolute Gasteiger partial charge is 0.418 e. The molecule has 0 aromatic heterocycles. The van der Waals surface area contributed by atoms with E-state index in [0.29, 0.717) is 11.3 Å². The first-order valence-corrected chi connectivity index (χ1v) is 9.39. The molecule has 0 radical (unpaired) electrons. The van der Waals surface area contributed by atoms with E-state index >= 15 is 0 Å². The molecular weight excluding hydrogens is 407 g/mol. The van der Waals surface area contributed by atoms with E-state index in [9.17, 15) is 22.8 Å². The minimum absolute atomic E-state index is 0.000502. The zero-order valence-electron chi connectivity index (χ0n) is 16.6. The summed E-state index contributed by atoms with van der Waals surface area (Å²) in [5, 5.41) is 5.02. The van der Waals surface area contributed by atoms with Crippen molar-refractivity contribution < 1.29 is 22.8 Å². The van der Waals surface area contributed by atoms with Gasteiger partial charge in [0.1, 0.15) is 0 Å². The number of alkyl halides is 3. The highest BCUT2D eigenvalue weighted by Gasteiger charge is 2.34. The number of carbonyl (C=O) groups is 2. The summed E-state index contributed by atoms with van der Waals surface area (Å²) in [6.07, 6.45) is -4.68. The predicted octanol–water partition coefficient (Wildman–Crippen LogP) is 5.03. The zero-order valence-corrected chi connectivity index (χ0v) is 16.6. The van der Waals surface area contributed by atoms with Crippen molar-refractivity contribution in [3.8, 4) is 0 Å². The van der Waals surface area contributed by atoms with Crippen LogP contribution in [0.25, 0.3) is 0 Å². The number of para-hydroxylation sites is 1. The van der Waals surface area contributed by atoms with Gasteiger partial charge in [-0.25, -0.2) is 0 Å². The number of carbonyl (C=O) groups excluding carboxylic acids is 2. The van der Waals surface area contributed by atoms with E-state index in [1.165, 1.54) is 17.0 Å². The Hall–Kier alpha value is -3.81. The van der Waals surface area contributed by atoms with Gasteiger partial charge < -0.3 is 15.5 Å². The standard InChI is InChI=1S/C23H20F3N3O2/c1-29(18-10-6-3-7-11-18)21(30)15-27-20-13-12-17(14-19(20)23(24,25)26)28-22(31)16-8-4-2-5-9-16/h2-14,27H,15H2,1H3,(H,28,31). The molecule has 0 aliphatic heterocycles. The molecule has 0 bridgehead atoms. The van der Waals surface area contributed by atoms with Crippen LogP contribution >= 0.6 is 0 Å². The molecule has 0 atom stereocenters. The molecule has 0 aliphatic carbocycles. The lowest BCUT2D eigenvalue weighted by Crippen LogP contribution is -2.32. The Morgan fingerprint density at radius 1 is 0.903 bits per heavy atom. The smallest absolute Gasteiger partial charge is 0.376 e. The molecule has 3 aromatic rings. The molecule has 0 unspecified atom stereocenters. The quantitative estimate of drug-likeness (QED) is 0.580. The van der Waals surface area contributed by atoms with E-state index in [-0.39, 0.29) is 17.9 Å². The summed E-state index contributed by atoms with van der Waals surface area (Å²) in [6, 6.07) is 20.3. The van der Waals surface area contributed by atoms with E-state index in [4.69, 9.17) is 0 Å². The number of nitrogens with one attached hydrogen (secondary N) is 2. The van der Waals surface area contributed by atoms with Gasteiger partial charge in [0.25, 0.3) is 5.91 Å². The van der Waals surface area contributed by atoms with Gasteiger partial charge in [-0.3, -0.25) is 9.59 Å². The van der Waals surface area contributed by atoms with Crippen LogP contribution in [-0.4, -0.2) is 25.4 Å². The third-order valence-corrected chi connectivity index (χ3v) is 4.57. The number of hydrogen-bond donors (Lipinski definition) is 2. The predicted molar refractivity (Wildman–Crippen MR) is 114 cm³/mol.